The molecule has 0 aromatic heterocycles. The summed E-state index contributed by atoms with van der Waals surface area (Å²) in [7, 11) is 1.34. The highest BCUT2D eigenvalue weighted by Crippen LogP contribution is 2.21. The third-order valence-electron chi connectivity index (χ3n) is 2.31. The predicted octanol–water partition coefficient (Wildman–Crippen LogP) is 2.01. The molecule has 1 atom stereocenters. The zero-order valence-electron chi connectivity index (χ0n) is 9.51. The molecule has 1 unspecified atom stereocenters. The van der Waals surface area contributed by atoms with E-state index in [2.05, 4.69) is 4.74 Å². The zero-order valence-corrected chi connectivity index (χ0v) is 9.51. The standard InChI is InChI=1S/C13H16O3/c1-13(15,10-6-9-12(14)16-2)11-7-4-3-5-8-11/h3-8,10,15H,9H2,1-2H3/b10-6+. The van der Waals surface area contributed by atoms with Gasteiger partial charge in [0.2, 0.25) is 0 Å². The van der Waals surface area contributed by atoms with Gasteiger partial charge in [0.1, 0.15) is 5.60 Å². The highest BCUT2D eigenvalue weighted by atomic mass is 16.5. The van der Waals surface area contributed by atoms with Crippen LogP contribution >= 0.6 is 0 Å². The molecule has 1 rings (SSSR count). The summed E-state index contributed by atoms with van der Waals surface area (Å²) in [5.41, 5.74) is -0.272. The number of esters is 1. The SMILES string of the molecule is COC(=O)C/C=C/C(C)(O)c1ccccc1. The van der Waals surface area contributed by atoms with Crippen molar-refractivity contribution in [2.75, 3.05) is 7.11 Å². The van der Waals surface area contributed by atoms with Crippen molar-refractivity contribution in [3.05, 3.63) is 48.0 Å². The predicted molar refractivity (Wildman–Crippen MR) is 61.8 cm³/mol. The molecule has 0 aliphatic rings. The first-order valence-corrected chi connectivity index (χ1v) is 5.08. The molecule has 1 N–H and O–H groups in total. The number of carbonyl (C=O) groups is 1. The lowest BCUT2D eigenvalue weighted by Crippen LogP contribution is -2.17. The summed E-state index contributed by atoms with van der Waals surface area (Å²) in [6.45, 7) is 1.68. The first-order valence-electron chi connectivity index (χ1n) is 5.08. The van der Waals surface area contributed by atoms with Crippen molar-refractivity contribution in [3.63, 3.8) is 0 Å². The summed E-state index contributed by atoms with van der Waals surface area (Å²) in [4.78, 5) is 10.9. The van der Waals surface area contributed by atoms with Crippen LogP contribution in [0, 0.1) is 0 Å². The second kappa shape index (κ2) is 5.47. The molecule has 1 aromatic carbocycles. The van der Waals surface area contributed by atoms with Crippen LogP contribution in [-0.2, 0) is 15.1 Å². The van der Waals surface area contributed by atoms with Crippen LogP contribution < -0.4 is 0 Å². The molecule has 0 bridgehead atoms. The maximum absolute atomic E-state index is 10.9. The highest BCUT2D eigenvalue weighted by Gasteiger charge is 2.18. The average molecular weight is 220 g/mol. The summed E-state index contributed by atoms with van der Waals surface area (Å²) in [6.07, 6.45) is 3.37. The van der Waals surface area contributed by atoms with E-state index in [0.717, 1.165) is 5.56 Å². The van der Waals surface area contributed by atoms with Gasteiger partial charge in [-0.2, -0.15) is 0 Å². The molecule has 0 saturated carbocycles. The number of rotatable bonds is 4. The lowest BCUT2D eigenvalue weighted by atomic mass is 9.95. The quantitative estimate of drug-likeness (QED) is 0.623. The molecule has 0 saturated heterocycles. The van der Waals surface area contributed by atoms with Crippen molar-refractivity contribution >= 4 is 5.97 Å². The van der Waals surface area contributed by atoms with Crippen LogP contribution in [0.3, 0.4) is 0 Å². The Morgan fingerprint density at radius 3 is 2.62 bits per heavy atom. The Morgan fingerprint density at radius 1 is 1.44 bits per heavy atom. The van der Waals surface area contributed by atoms with E-state index in [1.54, 1.807) is 19.1 Å². The minimum Gasteiger partial charge on any atom is -0.469 e. The van der Waals surface area contributed by atoms with E-state index in [1.165, 1.54) is 7.11 Å². The molecule has 16 heavy (non-hydrogen) atoms. The lowest BCUT2D eigenvalue weighted by molar-refractivity contribution is -0.139. The molecule has 0 aliphatic carbocycles. The topological polar surface area (TPSA) is 46.5 Å². The van der Waals surface area contributed by atoms with E-state index >= 15 is 0 Å². The Bertz CT molecular complexity index is 366. The number of hydrogen-bond donors (Lipinski definition) is 1. The minimum absolute atomic E-state index is 0.166. The second-order valence-corrected chi connectivity index (χ2v) is 3.70. The van der Waals surface area contributed by atoms with Crippen molar-refractivity contribution in [2.24, 2.45) is 0 Å². The van der Waals surface area contributed by atoms with Crippen LogP contribution in [0.2, 0.25) is 0 Å². The molecule has 1 aromatic rings. The number of ether oxygens (including phenoxy) is 1. The summed E-state index contributed by atoms with van der Waals surface area (Å²) in [5, 5.41) is 10.1. The maximum atomic E-state index is 10.9. The summed E-state index contributed by atoms with van der Waals surface area (Å²) >= 11 is 0. The summed E-state index contributed by atoms with van der Waals surface area (Å²) in [5.74, 6) is -0.319. The van der Waals surface area contributed by atoms with Crippen molar-refractivity contribution in [2.45, 2.75) is 18.9 Å². The number of aliphatic hydroxyl groups is 1. The van der Waals surface area contributed by atoms with Gasteiger partial charge in [-0.25, -0.2) is 0 Å². The first kappa shape index (κ1) is 12.5. The van der Waals surface area contributed by atoms with Crippen molar-refractivity contribution in [1.82, 2.24) is 0 Å². The Balaban J connectivity index is 2.68. The Labute approximate surface area is 95.4 Å². The monoisotopic (exact) mass is 220 g/mol. The van der Waals surface area contributed by atoms with E-state index in [-0.39, 0.29) is 12.4 Å². The van der Waals surface area contributed by atoms with E-state index in [1.807, 2.05) is 30.3 Å². The molecule has 86 valence electrons. The highest BCUT2D eigenvalue weighted by molar-refractivity contribution is 5.70. The molecule has 0 fully saturated rings. The van der Waals surface area contributed by atoms with Gasteiger partial charge in [0, 0.05) is 0 Å². The molecular weight excluding hydrogens is 204 g/mol. The average Bonchev–Trinajstić information content (AvgIpc) is 2.30. The van der Waals surface area contributed by atoms with Crippen molar-refractivity contribution in [3.8, 4) is 0 Å². The van der Waals surface area contributed by atoms with Gasteiger partial charge in [0.25, 0.3) is 0 Å². The Morgan fingerprint density at radius 2 is 2.06 bits per heavy atom. The fourth-order valence-corrected chi connectivity index (χ4v) is 1.34. The largest absolute Gasteiger partial charge is 0.469 e. The normalized spacial score (nSPS) is 14.7. The van der Waals surface area contributed by atoms with Gasteiger partial charge in [0.15, 0.2) is 0 Å². The number of carbonyl (C=O) groups excluding carboxylic acids is 1. The Hall–Kier alpha value is -1.61. The van der Waals surface area contributed by atoms with Gasteiger partial charge in [0.05, 0.1) is 13.5 Å². The molecule has 0 heterocycles. The molecule has 0 spiro atoms. The van der Waals surface area contributed by atoms with Gasteiger partial charge in [-0.3, -0.25) is 4.79 Å². The number of hydrogen-bond acceptors (Lipinski definition) is 3. The number of benzene rings is 1. The number of methoxy groups -OCH3 is 1. The first-order chi connectivity index (χ1) is 7.56. The fourth-order valence-electron chi connectivity index (χ4n) is 1.34. The molecular formula is C13H16O3. The van der Waals surface area contributed by atoms with E-state index in [0.29, 0.717) is 0 Å². The Kier molecular flexibility index (Phi) is 4.26. The van der Waals surface area contributed by atoms with Gasteiger partial charge in [-0.05, 0) is 12.5 Å². The van der Waals surface area contributed by atoms with Crippen LogP contribution in [0.15, 0.2) is 42.5 Å². The molecule has 0 radical (unpaired) electrons. The molecule has 0 aliphatic heterocycles. The smallest absolute Gasteiger partial charge is 0.309 e. The molecule has 3 heteroatoms. The second-order valence-electron chi connectivity index (χ2n) is 3.70. The van der Waals surface area contributed by atoms with Crippen LogP contribution in [0.1, 0.15) is 18.9 Å². The van der Waals surface area contributed by atoms with E-state index < -0.39 is 5.60 Å². The summed E-state index contributed by atoms with van der Waals surface area (Å²) < 4.78 is 4.50. The third kappa shape index (κ3) is 3.51. The minimum atomic E-state index is -1.06. The van der Waals surface area contributed by atoms with Crippen LogP contribution in [0.5, 0.6) is 0 Å². The zero-order chi connectivity index (χ0) is 12.0. The van der Waals surface area contributed by atoms with Crippen LogP contribution in [-0.4, -0.2) is 18.2 Å². The molecule has 3 nitrogen and oxygen atoms in total. The summed E-state index contributed by atoms with van der Waals surface area (Å²) in [6, 6.07) is 9.28. The fraction of sp³-hybridized carbons (Fsp3) is 0.308. The van der Waals surface area contributed by atoms with Crippen molar-refractivity contribution < 1.29 is 14.6 Å². The molecule has 0 amide bonds. The third-order valence-corrected chi connectivity index (χ3v) is 2.31. The van der Waals surface area contributed by atoms with E-state index in [9.17, 15) is 9.90 Å². The van der Waals surface area contributed by atoms with Gasteiger partial charge >= 0.3 is 5.97 Å². The lowest BCUT2D eigenvalue weighted by Gasteiger charge is -2.19. The van der Waals surface area contributed by atoms with Gasteiger partial charge in [-0.1, -0.05) is 42.5 Å². The van der Waals surface area contributed by atoms with Crippen molar-refractivity contribution in [1.29, 1.82) is 0 Å². The van der Waals surface area contributed by atoms with E-state index in [4.69, 9.17) is 0 Å². The van der Waals surface area contributed by atoms with Crippen LogP contribution in [0.4, 0.5) is 0 Å². The maximum Gasteiger partial charge on any atom is 0.309 e. The van der Waals surface area contributed by atoms with Gasteiger partial charge < -0.3 is 9.84 Å². The van der Waals surface area contributed by atoms with Gasteiger partial charge in [-0.15, -0.1) is 0 Å². The van der Waals surface area contributed by atoms with Crippen LogP contribution in [0.25, 0.3) is 0 Å².